The number of hydrogen-bond donors (Lipinski definition) is 0. The van der Waals surface area contributed by atoms with Gasteiger partial charge in [0.2, 0.25) is 0 Å². The summed E-state index contributed by atoms with van der Waals surface area (Å²) in [5, 5.41) is 4.24. The number of halogens is 1. The summed E-state index contributed by atoms with van der Waals surface area (Å²) in [5.41, 5.74) is 1.47. The van der Waals surface area contributed by atoms with Crippen molar-refractivity contribution in [2.75, 3.05) is 0 Å². The second-order valence-electron chi connectivity index (χ2n) is 3.50. The largest absolute Gasteiger partial charge is 0.271 e. The molecule has 0 aliphatic carbocycles. The Morgan fingerprint density at radius 3 is 2.64 bits per heavy atom. The highest BCUT2D eigenvalue weighted by molar-refractivity contribution is 6.17. The zero-order chi connectivity index (χ0) is 10.7. The minimum absolute atomic E-state index is 0.0769. The van der Waals surface area contributed by atoms with Crippen molar-refractivity contribution >= 4 is 11.6 Å². The normalized spacial score (nSPS) is 10.9. The average molecular weight is 215 g/mol. The van der Waals surface area contributed by atoms with E-state index in [9.17, 15) is 4.79 Å². The second kappa shape index (κ2) is 4.60. The van der Waals surface area contributed by atoms with Gasteiger partial charge >= 0.3 is 0 Å². The van der Waals surface area contributed by atoms with Gasteiger partial charge in [-0.15, -0.1) is 11.6 Å². The van der Waals surface area contributed by atoms with Crippen molar-refractivity contribution in [3.05, 3.63) is 27.7 Å². The van der Waals surface area contributed by atoms with E-state index in [2.05, 4.69) is 5.10 Å². The van der Waals surface area contributed by atoms with Gasteiger partial charge in [-0.2, -0.15) is 5.10 Å². The van der Waals surface area contributed by atoms with Crippen LogP contribution in [-0.4, -0.2) is 9.78 Å². The molecule has 0 unspecified atom stereocenters. The monoisotopic (exact) mass is 214 g/mol. The smallest absolute Gasteiger partial charge is 0.267 e. The van der Waals surface area contributed by atoms with Crippen molar-refractivity contribution in [2.24, 2.45) is 0 Å². The van der Waals surface area contributed by atoms with Crippen molar-refractivity contribution in [3.8, 4) is 0 Å². The van der Waals surface area contributed by atoms with E-state index in [1.165, 1.54) is 4.68 Å². The molecule has 0 N–H and O–H groups in total. The van der Waals surface area contributed by atoms with Gasteiger partial charge in [0.25, 0.3) is 5.56 Å². The third-order valence-corrected chi connectivity index (χ3v) is 2.39. The lowest BCUT2D eigenvalue weighted by atomic mass is 10.1. The lowest BCUT2D eigenvalue weighted by molar-refractivity contribution is 0.580. The average Bonchev–Trinajstić information content (AvgIpc) is 2.17. The molecule has 1 rings (SSSR count). The van der Waals surface area contributed by atoms with E-state index in [0.29, 0.717) is 18.0 Å². The van der Waals surface area contributed by atoms with Gasteiger partial charge in [0.15, 0.2) is 0 Å². The van der Waals surface area contributed by atoms with Crippen LogP contribution in [0.15, 0.2) is 10.9 Å². The van der Waals surface area contributed by atoms with Crippen LogP contribution in [0.25, 0.3) is 0 Å². The summed E-state index contributed by atoms with van der Waals surface area (Å²) in [7, 11) is 0. The Kier molecular flexibility index (Phi) is 3.69. The van der Waals surface area contributed by atoms with Gasteiger partial charge in [-0.05, 0) is 18.9 Å². The van der Waals surface area contributed by atoms with Crippen LogP contribution in [-0.2, 0) is 12.4 Å². The van der Waals surface area contributed by atoms with Crippen LogP contribution in [0.4, 0.5) is 0 Å². The molecule has 0 aliphatic heterocycles. The van der Waals surface area contributed by atoms with E-state index < -0.39 is 0 Å². The number of hydrogen-bond acceptors (Lipinski definition) is 2. The van der Waals surface area contributed by atoms with Crippen LogP contribution in [0.1, 0.15) is 37.9 Å². The highest BCUT2D eigenvalue weighted by atomic mass is 35.5. The van der Waals surface area contributed by atoms with Gasteiger partial charge in [-0.25, -0.2) is 4.68 Å². The van der Waals surface area contributed by atoms with Crippen LogP contribution >= 0.6 is 11.6 Å². The molecule has 1 aromatic heterocycles. The van der Waals surface area contributed by atoms with Crippen LogP contribution in [0.5, 0.6) is 0 Å². The maximum Gasteiger partial charge on any atom is 0.271 e. The molecule has 1 heterocycles. The fraction of sp³-hybridized carbons (Fsp3) is 0.600. The van der Waals surface area contributed by atoms with Crippen molar-refractivity contribution in [3.63, 3.8) is 0 Å². The Morgan fingerprint density at radius 2 is 2.21 bits per heavy atom. The first-order valence-electron chi connectivity index (χ1n) is 4.77. The fourth-order valence-electron chi connectivity index (χ4n) is 1.21. The van der Waals surface area contributed by atoms with Crippen LogP contribution in [0, 0.1) is 0 Å². The SMILES string of the molecule is CCn1nc(C(C)C)cc(CCl)c1=O. The van der Waals surface area contributed by atoms with Gasteiger partial charge < -0.3 is 0 Å². The van der Waals surface area contributed by atoms with E-state index in [4.69, 9.17) is 11.6 Å². The molecule has 14 heavy (non-hydrogen) atoms. The molecular weight excluding hydrogens is 200 g/mol. The van der Waals surface area contributed by atoms with E-state index in [1.807, 2.05) is 20.8 Å². The van der Waals surface area contributed by atoms with E-state index >= 15 is 0 Å². The van der Waals surface area contributed by atoms with Gasteiger partial charge in [-0.3, -0.25) is 4.79 Å². The van der Waals surface area contributed by atoms with Gasteiger partial charge in [0.1, 0.15) is 0 Å². The van der Waals surface area contributed by atoms with E-state index in [0.717, 1.165) is 5.69 Å². The summed E-state index contributed by atoms with van der Waals surface area (Å²) in [5.74, 6) is 0.566. The molecule has 78 valence electrons. The first-order valence-corrected chi connectivity index (χ1v) is 5.30. The predicted molar refractivity (Wildman–Crippen MR) is 57.8 cm³/mol. The number of rotatable bonds is 3. The van der Waals surface area contributed by atoms with E-state index in [-0.39, 0.29) is 11.4 Å². The Bertz CT molecular complexity index is 343. The molecule has 0 bridgehead atoms. The summed E-state index contributed by atoms with van der Waals surface area (Å²) < 4.78 is 1.47. The van der Waals surface area contributed by atoms with Crippen molar-refractivity contribution < 1.29 is 0 Å². The molecule has 0 atom stereocenters. The third kappa shape index (κ3) is 2.15. The van der Waals surface area contributed by atoms with Gasteiger partial charge in [0.05, 0.1) is 11.6 Å². The Morgan fingerprint density at radius 1 is 1.57 bits per heavy atom. The standard InChI is InChI=1S/C10H15ClN2O/c1-4-13-10(14)8(6-11)5-9(12-13)7(2)3/h5,7H,4,6H2,1-3H3. The van der Waals surface area contributed by atoms with Crippen LogP contribution in [0.2, 0.25) is 0 Å². The van der Waals surface area contributed by atoms with Gasteiger partial charge in [0, 0.05) is 12.1 Å². The summed E-state index contributed by atoms with van der Waals surface area (Å²) in [6, 6.07) is 1.80. The molecule has 0 fully saturated rings. The summed E-state index contributed by atoms with van der Waals surface area (Å²) in [6.07, 6.45) is 0. The first-order chi connectivity index (χ1) is 6.60. The zero-order valence-corrected chi connectivity index (χ0v) is 9.51. The molecule has 0 aliphatic rings. The minimum atomic E-state index is -0.0769. The number of alkyl halides is 1. The fourth-order valence-corrected chi connectivity index (χ4v) is 1.40. The van der Waals surface area contributed by atoms with Crippen molar-refractivity contribution in [1.29, 1.82) is 0 Å². The van der Waals surface area contributed by atoms with Gasteiger partial charge in [-0.1, -0.05) is 13.8 Å². The highest BCUT2D eigenvalue weighted by Crippen LogP contribution is 2.11. The summed E-state index contributed by atoms with van der Waals surface area (Å²) >= 11 is 5.70. The quantitative estimate of drug-likeness (QED) is 0.723. The molecule has 1 aromatic rings. The van der Waals surface area contributed by atoms with Crippen molar-refractivity contribution in [2.45, 2.75) is 39.1 Å². The number of aromatic nitrogens is 2. The molecular formula is C10H15ClN2O. The molecule has 0 spiro atoms. The summed E-state index contributed by atoms with van der Waals surface area (Å²) in [6.45, 7) is 6.58. The molecule has 0 saturated heterocycles. The Hall–Kier alpha value is -0.830. The topological polar surface area (TPSA) is 34.9 Å². The molecule has 0 saturated carbocycles. The van der Waals surface area contributed by atoms with Crippen LogP contribution in [0.3, 0.4) is 0 Å². The minimum Gasteiger partial charge on any atom is -0.267 e. The highest BCUT2D eigenvalue weighted by Gasteiger charge is 2.08. The van der Waals surface area contributed by atoms with E-state index in [1.54, 1.807) is 6.07 Å². The van der Waals surface area contributed by atoms with Crippen molar-refractivity contribution in [1.82, 2.24) is 9.78 Å². The maximum atomic E-state index is 11.6. The number of aryl methyl sites for hydroxylation is 1. The Labute approximate surface area is 88.7 Å². The molecule has 0 amide bonds. The predicted octanol–water partition coefficient (Wildman–Crippen LogP) is 2.13. The number of nitrogens with zero attached hydrogens (tertiary/aromatic N) is 2. The third-order valence-electron chi connectivity index (χ3n) is 2.10. The first kappa shape index (κ1) is 11.2. The zero-order valence-electron chi connectivity index (χ0n) is 8.75. The molecule has 4 heteroatoms. The Balaban J connectivity index is 3.32. The second-order valence-corrected chi connectivity index (χ2v) is 3.77. The molecule has 0 aromatic carbocycles. The van der Waals surface area contributed by atoms with Crippen LogP contribution < -0.4 is 5.56 Å². The molecule has 3 nitrogen and oxygen atoms in total. The maximum absolute atomic E-state index is 11.6. The lowest BCUT2D eigenvalue weighted by Gasteiger charge is -2.09. The molecule has 0 radical (unpaired) electrons. The lowest BCUT2D eigenvalue weighted by Crippen LogP contribution is -2.26. The summed E-state index contributed by atoms with van der Waals surface area (Å²) in [4.78, 5) is 11.6.